The molecule has 0 aliphatic carbocycles. The van der Waals surface area contributed by atoms with Gasteiger partial charge in [-0.1, -0.05) is 35.9 Å². The van der Waals surface area contributed by atoms with E-state index in [4.69, 9.17) is 26.7 Å². The maximum absolute atomic E-state index is 13.1. The molecule has 0 spiro atoms. The topological polar surface area (TPSA) is 210 Å². The highest BCUT2D eigenvalue weighted by Crippen LogP contribution is 2.26. The molecule has 1 fully saturated rings. The van der Waals surface area contributed by atoms with Gasteiger partial charge in [0.25, 0.3) is 11.6 Å². The third-order valence-electron chi connectivity index (χ3n) is 6.75. The monoisotopic (exact) mass is 608 g/mol. The number of hydrazone groups is 1. The first-order chi connectivity index (χ1) is 20.7. The number of anilines is 1. The molecule has 0 radical (unpaired) electrons. The van der Waals surface area contributed by atoms with Crippen molar-refractivity contribution in [2.45, 2.75) is 26.3 Å². The van der Waals surface area contributed by atoms with E-state index in [9.17, 15) is 19.7 Å². The van der Waals surface area contributed by atoms with Crippen LogP contribution < -0.4 is 15.9 Å². The van der Waals surface area contributed by atoms with Crippen LogP contribution in [-0.2, 0) is 6.54 Å². The normalized spacial score (nSPS) is 14.2. The molecule has 2 aromatic carbocycles. The smallest absolute Gasteiger partial charge is 0.343 e. The number of ether oxygens (including phenoxy) is 1. The maximum Gasteiger partial charge on any atom is 0.343 e. The summed E-state index contributed by atoms with van der Waals surface area (Å²) in [7, 11) is 0. The number of carbonyl (C=O) groups excluding carboxylic acids is 2. The summed E-state index contributed by atoms with van der Waals surface area (Å²) in [5.74, 6) is -0.549. The second-order valence-corrected chi connectivity index (χ2v) is 10.2. The number of aromatic nitrogens is 5. The average molecular weight is 609 g/mol. The lowest BCUT2D eigenvalue weighted by Crippen LogP contribution is -2.34. The minimum Gasteiger partial charge on any atom is -0.423 e. The number of esters is 1. The summed E-state index contributed by atoms with van der Waals surface area (Å²) in [4.78, 5) is 38.3. The molecule has 222 valence electrons. The molecule has 0 atom stereocenters. The van der Waals surface area contributed by atoms with Gasteiger partial charge in [0.15, 0.2) is 5.69 Å². The number of piperidine rings is 1. The fraction of sp³-hybridized carbons (Fsp3) is 0.269. The van der Waals surface area contributed by atoms with Crippen LogP contribution in [0.4, 0.5) is 11.5 Å². The first-order valence-electron chi connectivity index (χ1n) is 13.0. The van der Waals surface area contributed by atoms with E-state index in [-0.39, 0.29) is 33.7 Å². The Kier molecular flexibility index (Phi) is 8.68. The number of halogens is 1. The zero-order chi connectivity index (χ0) is 30.5. The lowest BCUT2D eigenvalue weighted by atomic mass is 9.99. The van der Waals surface area contributed by atoms with Crippen LogP contribution in [-0.4, -0.2) is 66.3 Å². The number of amides is 1. The lowest BCUT2D eigenvalue weighted by molar-refractivity contribution is -0.384. The van der Waals surface area contributed by atoms with Crippen LogP contribution in [0.2, 0.25) is 5.02 Å². The number of carbonyl (C=O) groups is 2. The molecule has 0 unspecified atom stereocenters. The Morgan fingerprint density at radius 3 is 2.77 bits per heavy atom. The molecule has 17 heteroatoms. The Labute approximate surface area is 248 Å². The van der Waals surface area contributed by atoms with Crippen molar-refractivity contribution in [3.8, 4) is 11.6 Å². The number of rotatable bonds is 9. The van der Waals surface area contributed by atoms with Crippen LogP contribution >= 0.6 is 11.6 Å². The van der Waals surface area contributed by atoms with Crippen molar-refractivity contribution < 1.29 is 23.9 Å². The Morgan fingerprint density at radius 1 is 1.26 bits per heavy atom. The van der Waals surface area contributed by atoms with Gasteiger partial charge in [-0.05, 0) is 72.0 Å². The van der Waals surface area contributed by atoms with Gasteiger partial charge < -0.3 is 10.5 Å². The van der Waals surface area contributed by atoms with E-state index in [1.54, 1.807) is 12.1 Å². The van der Waals surface area contributed by atoms with Crippen molar-refractivity contribution in [3.05, 3.63) is 80.1 Å². The summed E-state index contributed by atoms with van der Waals surface area (Å²) in [5.41, 5.74) is 8.80. The summed E-state index contributed by atoms with van der Waals surface area (Å²) in [6, 6.07) is 9.90. The van der Waals surface area contributed by atoms with E-state index in [1.165, 1.54) is 35.2 Å². The van der Waals surface area contributed by atoms with Crippen molar-refractivity contribution >= 4 is 41.2 Å². The number of nitrogens with zero attached hydrogens (tertiary/aromatic N) is 8. The summed E-state index contributed by atoms with van der Waals surface area (Å²) in [5, 5.41) is 30.5. The predicted molar refractivity (Wildman–Crippen MR) is 152 cm³/mol. The van der Waals surface area contributed by atoms with E-state index in [1.807, 2.05) is 0 Å². The number of nitro benzene ring substituents is 1. The molecule has 3 heterocycles. The second-order valence-electron chi connectivity index (χ2n) is 9.81. The van der Waals surface area contributed by atoms with E-state index in [0.717, 1.165) is 32.0 Å². The average Bonchev–Trinajstić information content (AvgIpc) is 3.60. The summed E-state index contributed by atoms with van der Waals surface area (Å²) in [6.45, 7) is 4.25. The van der Waals surface area contributed by atoms with Crippen LogP contribution in [0.15, 0.2) is 52.2 Å². The van der Waals surface area contributed by atoms with Crippen molar-refractivity contribution in [2.24, 2.45) is 11.0 Å². The maximum atomic E-state index is 13.1. The molecular formula is C26H25ClN10O6. The molecule has 16 nitrogen and oxygen atoms in total. The van der Waals surface area contributed by atoms with E-state index in [0.29, 0.717) is 23.7 Å². The molecular weight excluding hydrogens is 584 g/mol. The van der Waals surface area contributed by atoms with Crippen LogP contribution in [0.1, 0.15) is 51.9 Å². The fourth-order valence-electron chi connectivity index (χ4n) is 4.38. The Balaban J connectivity index is 1.28. The van der Waals surface area contributed by atoms with Crippen LogP contribution in [0.3, 0.4) is 0 Å². The summed E-state index contributed by atoms with van der Waals surface area (Å²) in [6.07, 6.45) is 3.39. The molecule has 43 heavy (non-hydrogen) atoms. The van der Waals surface area contributed by atoms with Gasteiger partial charge in [0.2, 0.25) is 11.6 Å². The molecule has 2 aromatic heterocycles. The quantitative estimate of drug-likeness (QED) is 0.0923. The third kappa shape index (κ3) is 6.82. The SMILES string of the molecule is CC1CCN(Cc2c(C(=O)NN=Cc3cccc(OC(=O)c4ccc(Cl)c([N+](=O)[O-])c4)c3)nnn2-c2nonc2N)CC1. The second kappa shape index (κ2) is 12.7. The standard InChI is InChI=1S/C26H25ClN10O6/c1-15-7-9-35(10-8-15)14-21-22(30-34-36(21)24-23(28)32-43-33-24)25(38)31-29-13-16-3-2-4-18(11-16)42-26(39)17-5-6-19(27)20(12-17)37(40)41/h2-6,11-13,15H,7-10,14H2,1H3,(H2,28,32)(H,31,38). The highest BCUT2D eigenvalue weighted by atomic mass is 35.5. The number of benzene rings is 2. The highest BCUT2D eigenvalue weighted by Gasteiger charge is 2.27. The molecule has 1 aliphatic rings. The molecule has 0 bridgehead atoms. The van der Waals surface area contributed by atoms with E-state index < -0.39 is 22.5 Å². The molecule has 4 aromatic rings. The van der Waals surface area contributed by atoms with E-state index in [2.05, 4.69) is 43.0 Å². The Hall–Kier alpha value is -5.22. The van der Waals surface area contributed by atoms with Gasteiger partial charge in [0, 0.05) is 12.6 Å². The van der Waals surface area contributed by atoms with Gasteiger partial charge in [0.1, 0.15) is 10.8 Å². The number of likely N-dealkylation sites (tertiary alicyclic amines) is 1. The first kappa shape index (κ1) is 29.3. The number of nitro groups is 1. The molecule has 1 amide bonds. The fourth-order valence-corrected chi connectivity index (χ4v) is 4.57. The minimum absolute atomic E-state index is 0.00161. The number of hydrogen-bond donors (Lipinski definition) is 2. The summed E-state index contributed by atoms with van der Waals surface area (Å²) >= 11 is 5.81. The highest BCUT2D eigenvalue weighted by molar-refractivity contribution is 6.32. The largest absolute Gasteiger partial charge is 0.423 e. The molecule has 5 rings (SSSR count). The van der Waals surface area contributed by atoms with Gasteiger partial charge in [-0.15, -0.1) is 5.10 Å². The minimum atomic E-state index is -0.816. The predicted octanol–water partition coefficient (Wildman–Crippen LogP) is 3.01. The van der Waals surface area contributed by atoms with E-state index >= 15 is 0 Å². The number of nitrogens with two attached hydrogens (primary N) is 1. The van der Waals surface area contributed by atoms with Crippen LogP contribution in [0.25, 0.3) is 5.82 Å². The van der Waals surface area contributed by atoms with Crippen LogP contribution in [0, 0.1) is 16.0 Å². The van der Waals surface area contributed by atoms with Gasteiger partial charge in [-0.3, -0.25) is 19.8 Å². The van der Waals surface area contributed by atoms with Gasteiger partial charge in [-0.2, -0.15) is 9.78 Å². The Bertz CT molecular complexity index is 1700. The first-order valence-corrected chi connectivity index (χ1v) is 13.4. The summed E-state index contributed by atoms with van der Waals surface area (Å²) < 4.78 is 11.4. The third-order valence-corrected chi connectivity index (χ3v) is 7.07. The number of hydrogen-bond acceptors (Lipinski definition) is 13. The zero-order valence-electron chi connectivity index (χ0n) is 22.7. The lowest BCUT2D eigenvalue weighted by Gasteiger charge is -2.30. The molecule has 1 aliphatic heterocycles. The Morgan fingerprint density at radius 2 is 2.05 bits per heavy atom. The molecule has 1 saturated heterocycles. The van der Waals surface area contributed by atoms with Gasteiger partial charge in [-0.25, -0.2) is 14.8 Å². The molecule has 3 N–H and O–H groups in total. The number of nitrogens with one attached hydrogen (secondary N) is 1. The van der Waals surface area contributed by atoms with Gasteiger partial charge in [0.05, 0.1) is 22.4 Å². The van der Waals surface area contributed by atoms with Crippen molar-refractivity contribution in [3.63, 3.8) is 0 Å². The van der Waals surface area contributed by atoms with Gasteiger partial charge >= 0.3 is 5.97 Å². The zero-order valence-corrected chi connectivity index (χ0v) is 23.5. The molecule has 0 saturated carbocycles. The van der Waals surface area contributed by atoms with Crippen LogP contribution in [0.5, 0.6) is 5.75 Å². The van der Waals surface area contributed by atoms with Crippen molar-refractivity contribution in [2.75, 3.05) is 18.8 Å². The van der Waals surface area contributed by atoms with Crippen molar-refractivity contribution in [1.29, 1.82) is 0 Å². The van der Waals surface area contributed by atoms with Crippen molar-refractivity contribution in [1.82, 2.24) is 35.6 Å². The number of nitrogen functional groups attached to an aromatic ring is 1.